The molecule has 1 atom stereocenters. The van der Waals surface area contributed by atoms with Crippen LogP contribution in [-0.4, -0.2) is 31.1 Å². The lowest BCUT2D eigenvalue weighted by molar-refractivity contribution is 0.270. The average molecular weight is 205 g/mol. The Balaban J connectivity index is 2.79. The Morgan fingerprint density at radius 3 is 1.92 bits per heavy atom. The molecule has 0 aromatic heterocycles. The van der Waals surface area contributed by atoms with Crippen LogP contribution in [0.5, 0.6) is 0 Å². The number of nitrogens with zero attached hydrogens (tertiary/aromatic N) is 1. The van der Waals surface area contributed by atoms with E-state index >= 15 is 0 Å². The van der Waals surface area contributed by atoms with Gasteiger partial charge in [0.1, 0.15) is 0 Å². The van der Waals surface area contributed by atoms with Gasteiger partial charge in [-0.1, -0.05) is 13.8 Å². The molecule has 0 N–H and O–H groups in total. The number of hydrogen-bond donors (Lipinski definition) is 0. The largest absolute Gasteiger partial charge is 0.212 e. The van der Waals surface area contributed by atoms with Crippen LogP contribution in [-0.2, 0) is 10.0 Å². The molecule has 0 heterocycles. The summed E-state index contributed by atoms with van der Waals surface area (Å²) in [7, 11) is -3.01. The van der Waals surface area contributed by atoms with Gasteiger partial charge < -0.3 is 0 Å². The molecule has 13 heavy (non-hydrogen) atoms. The van der Waals surface area contributed by atoms with E-state index in [9.17, 15) is 8.42 Å². The van der Waals surface area contributed by atoms with Crippen molar-refractivity contribution in [1.82, 2.24) is 4.31 Å². The molecule has 0 amide bonds. The Labute approximate surface area is 81.2 Å². The quantitative estimate of drug-likeness (QED) is 0.696. The zero-order chi connectivity index (χ0) is 10.2. The van der Waals surface area contributed by atoms with Crippen molar-refractivity contribution in [2.24, 2.45) is 5.92 Å². The van der Waals surface area contributed by atoms with Crippen molar-refractivity contribution in [3.05, 3.63) is 0 Å². The van der Waals surface area contributed by atoms with Crippen LogP contribution in [0.15, 0.2) is 0 Å². The van der Waals surface area contributed by atoms with Crippen molar-refractivity contribution in [1.29, 1.82) is 0 Å². The van der Waals surface area contributed by atoms with E-state index < -0.39 is 10.0 Å². The number of sulfonamides is 1. The monoisotopic (exact) mass is 205 g/mol. The van der Waals surface area contributed by atoms with Gasteiger partial charge in [-0.3, -0.25) is 0 Å². The van der Waals surface area contributed by atoms with E-state index in [0.717, 1.165) is 12.8 Å². The Morgan fingerprint density at radius 2 is 1.69 bits per heavy atom. The Bertz CT molecular complexity index is 267. The van der Waals surface area contributed by atoms with E-state index in [0.29, 0.717) is 5.92 Å². The molecule has 0 aromatic rings. The van der Waals surface area contributed by atoms with Crippen molar-refractivity contribution in [3.8, 4) is 0 Å². The van der Waals surface area contributed by atoms with Crippen molar-refractivity contribution < 1.29 is 8.42 Å². The first kappa shape index (κ1) is 11.0. The Morgan fingerprint density at radius 1 is 1.23 bits per heavy atom. The summed E-state index contributed by atoms with van der Waals surface area (Å²) in [4.78, 5) is 0. The molecular formula is C9H19NO2S. The topological polar surface area (TPSA) is 37.4 Å². The van der Waals surface area contributed by atoms with E-state index in [4.69, 9.17) is 0 Å². The predicted molar refractivity (Wildman–Crippen MR) is 54.0 cm³/mol. The van der Waals surface area contributed by atoms with Gasteiger partial charge in [-0.05, 0) is 25.7 Å². The summed E-state index contributed by atoms with van der Waals surface area (Å²) in [6.45, 7) is 6.11. The van der Waals surface area contributed by atoms with Gasteiger partial charge >= 0.3 is 0 Å². The molecule has 0 aromatic carbocycles. The first-order valence-electron chi connectivity index (χ1n) is 4.82. The minimum absolute atomic E-state index is 0.127. The van der Waals surface area contributed by atoms with Crippen LogP contribution in [0.3, 0.4) is 0 Å². The third-order valence-electron chi connectivity index (χ3n) is 2.66. The highest BCUT2D eigenvalue weighted by atomic mass is 32.2. The second kappa shape index (κ2) is 3.58. The molecule has 0 bridgehead atoms. The van der Waals surface area contributed by atoms with Crippen LogP contribution in [0.4, 0.5) is 0 Å². The average Bonchev–Trinajstić information content (AvgIpc) is 2.68. The second-order valence-electron chi connectivity index (χ2n) is 4.31. The van der Waals surface area contributed by atoms with Crippen LogP contribution in [0.25, 0.3) is 0 Å². The van der Waals surface area contributed by atoms with Gasteiger partial charge in [0, 0.05) is 12.1 Å². The summed E-state index contributed by atoms with van der Waals surface area (Å²) < 4.78 is 24.6. The van der Waals surface area contributed by atoms with E-state index in [1.54, 1.807) is 4.31 Å². The molecule has 3 nitrogen and oxygen atoms in total. The maximum atomic E-state index is 11.5. The Hall–Kier alpha value is -0.0900. The van der Waals surface area contributed by atoms with Crippen LogP contribution in [0.2, 0.25) is 0 Å². The number of rotatable bonds is 4. The van der Waals surface area contributed by atoms with E-state index in [2.05, 4.69) is 13.8 Å². The zero-order valence-corrected chi connectivity index (χ0v) is 9.63. The highest BCUT2D eigenvalue weighted by molar-refractivity contribution is 7.88. The predicted octanol–water partition coefficient (Wildman–Crippen LogP) is 1.45. The molecule has 4 heteroatoms. The van der Waals surface area contributed by atoms with Crippen molar-refractivity contribution >= 4 is 10.0 Å². The maximum Gasteiger partial charge on any atom is 0.211 e. The summed E-state index contributed by atoms with van der Waals surface area (Å²) in [5.41, 5.74) is 0. The third kappa shape index (κ3) is 2.68. The van der Waals surface area contributed by atoms with Gasteiger partial charge in [-0.15, -0.1) is 0 Å². The molecule has 1 aliphatic rings. The lowest BCUT2D eigenvalue weighted by Crippen LogP contribution is -2.42. The Kier molecular flexibility index (Phi) is 3.02. The summed E-state index contributed by atoms with van der Waals surface area (Å²) in [5, 5.41) is 0. The fourth-order valence-corrected chi connectivity index (χ4v) is 3.13. The van der Waals surface area contributed by atoms with Crippen LogP contribution < -0.4 is 0 Å². The normalized spacial score (nSPS) is 21.1. The fraction of sp³-hybridized carbons (Fsp3) is 1.00. The van der Waals surface area contributed by atoms with Crippen LogP contribution >= 0.6 is 0 Å². The molecule has 1 unspecified atom stereocenters. The fourth-order valence-electron chi connectivity index (χ4n) is 1.53. The minimum atomic E-state index is -3.01. The molecule has 0 spiro atoms. The molecule has 0 aliphatic heterocycles. The van der Waals surface area contributed by atoms with E-state index in [1.807, 2.05) is 6.92 Å². The molecule has 1 fully saturated rings. The third-order valence-corrected chi connectivity index (χ3v) is 4.05. The molecule has 0 saturated heterocycles. The molecule has 0 radical (unpaired) electrons. The SMILES string of the molecule is CC(C)C(C)N(C1CC1)S(C)(=O)=O. The summed E-state index contributed by atoms with van der Waals surface area (Å²) in [5.74, 6) is 0.385. The van der Waals surface area contributed by atoms with Gasteiger partial charge in [0.25, 0.3) is 0 Å². The van der Waals surface area contributed by atoms with Crippen molar-refractivity contribution in [2.45, 2.75) is 45.7 Å². The van der Waals surface area contributed by atoms with Gasteiger partial charge in [0.15, 0.2) is 0 Å². The maximum absolute atomic E-state index is 11.5. The first-order valence-corrected chi connectivity index (χ1v) is 6.67. The van der Waals surface area contributed by atoms with E-state index in [-0.39, 0.29) is 12.1 Å². The molecule has 1 saturated carbocycles. The highest BCUT2D eigenvalue weighted by Gasteiger charge is 2.38. The van der Waals surface area contributed by atoms with E-state index in [1.165, 1.54) is 6.26 Å². The second-order valence-corrected chi connectivity index (χ2v) is 6.20. The van der Waals surface area contributed by atoms with Crippen LogP contribution in [0.1, 0.15) is 33.6 Å². The summed E-state index contributed by atoms with van der Waals surface area (Å²) in [6.07, 6.45) is 3.37. The lowest BCUT2D eigenvalue weighted by atomic mass is 10.1. The van der Waals surface area contributed by atoms with Gasteiger partial charge in [0.05, 0.1) is 6.26 Å². The summed E-state index contributed by atoms with van der Waals surface area (Å²) >= 11 is 0. The highest BCUT2D eigenvalue weighted by Crippen LogP contribution is 2.32. The first-order chi connectivity index (χ1) is 5.84. The lowest BCUT2D eigenvalue weighted by Gasteiger charge is -2.29. The van der Waals surface area contributed by atoms with Gasteiger partial charge in [-0.25, -0.2) is 8.42 Å². The molecule has 78 valence electrons. The number of hydrogen-bond acceptors (Lipinski definition) is 2. The van der Waals surface area contributed by atoms with Gasteiger partial charge in [-0.2, -0.15) is 4.31 Å². The standard InChI is InChI=1S/C9H19NO2S/c1-7(2)8(3)10(9-5-6-9)13(4,11)12/h7-9H,5-6H2,1-4H3. The zero-order valence-electron chi connectivity index (χ0n) is 8.82. The van der Waals surface area contributed by atoms with Crippen LogP contribution in [0, 0.1) is 5.92 Å². The molecule has 1 rings (SSSR count). The summed E-state index contributed by atoms with van der Waals surface area (Å²) in [6, 6.07) is 0.412. The minimum Gasteiger partial charge on any atom is -0.212 e. The molecular weight excluding hydrogens is 186 g/mol. The molecule has 1 aliphatic carbocycles. The smallest absolute Gasteiger partial charge is 0.211 e. The van der Waals surface area contributed by atoms with Crippen molar-refractivity contribution in [2.75, 3.05) is 6.26 Å². The van der Waals surface area contributed by atoms with Gasteiger partial charge in [0.2, 0.25) is 10.0 Å². The van der Waals surface area contributed by atoms with Crippen molar-refractivity contribution in [3.63, 3.8) is 0 Å².